The Labute approximate surface area is 147 Å². The van der Waals surface area contributed by atoms with Gasteiger partial charge in [-0.3, -0.25) is 9.40 Å². The quantitative estimate of drug-likeness (QED) is 0.657. The van der Waals surface area contributed by atoms with Crippen LogP contribution in [0.25, 0.3) is 0 Å². The van der Waals surface area contributed by atoms with Crippen LogP contribution >= 0.6 is 0 Å². The molecule has 0 spiro atoms. The number of sulfonamides is 1. The van der Waals surface area contributed by atoms with E-state index in [2.05, 4.69) is 20.5 Å². The highest BCUT2D eigenvalue weighted by Crippen LogP contribution is 2.15. The molecular weight excluding hydrogens is 342 g/mol. The molecule has 0 saturated carbocycles. The van der Waals surface area contributed by atoms with Crippen molar-refractivity contribution in [3.63, 3.8) is 0 Å². The molecule has 8 nitrogen and oxygen atoms in total. The molecule has 2 rings (SSSR count). The number of nitrogens with zero attached hydrogens (tertiary/aromatic N) is 2. The molecule has 2 amide bonds. The van der Waals surface area contributed by atoms with Crippen molar-refractivity contribution in [2.45, 2.75) is 20.0 Å². The van der Waals surface area contributed by atoms with Crippen LogP contribution in [0.2, 0.25) is 0 Å². The summed E-state index contributed by atoms with van der Waals surface area (Å²) >= 11 is 0. The van der Waals surface area contributed by atoms with Gasteiger partial charge in [-0.05, 0) is 23.6 Å². The van der Waals surface area contributed by atoms with E-state index in [1.54, 1.807) is 30.5 Å². The Balaban J connectivity index is 1.80. The van der Waals surface area contributed by atoms with Crippen LogP contribution in [0.5, 0.6) is 0 Å². The second kappa shape index (κ2) is 8.52. The van der Waals surface area contributed by atoms with Gasteiger partial charge in [-0.2, -0.15) is 5.10 Å². The van der Waals surface area contributed by atoms with Crippen LogP contribution in [0, 0.1) is 5.92 Å². The predicted molar refractivity (Wildman–Crippen MR) is 96.5 cm³/mol. The second-order valence-corrected chi connectivity index (χ2v) is 7.68. The maximum Gasteiger partial charge on any atom is 0.315 e. The molecule has 1 aromatic heterocycles. The van der Waals surface area contributed by atoms with E-state index in [1.165, 1.54) is 0 Å². The first-order chi connectivity index (χ1) is 11.8. The van der Waals surface area contributed by atoms with Crippen molar-refractivity contribution in [1.82, 2.24) is 20.4 Å². The third-order valence-electron chi connectivity index (χ3n) is 3.42. The molecule has 0 aliphatic rings. The van der Waals surface area contributed by atoms with Gasteiger partial charge in [-0.15, -0.1) is 0 Å². The fourth-order valence-corrected chi connectivity index (χ4v) is 2.87. The highest BCUT2D eigenvalue weighted by molar-refractivity contribution is 7.92. The lowest BCUT2D eigenvalue weighted by Gasteiger charge is -2.14. The van der Waals surface area contributed by atoms with Gasteiger partial charge in [0.05, 0.1) is 11.9 Å². The van der Waals surface area contributed by atoms with Gasteiger partial charge >= 0.3 is 6.03 Å². The molecule has 9 heteroatoms. The average molecular weight is 365 g/mol. The molecule has 0 bridgehead atoms. The third-order valence-corrected chi connectivity index (χ3v) is 4.01. The number of nitrogens with one attached hydrogen (secondary N) is 3. The van der Waals surface area contributed by atoms with Crippen molar-refractivity contribution in [2.24, 2.45) is 5.92 Å². The van der Waals surface area contributed by atoms with Gasteiger partial charge in [-0.25, -0.2) is 13.2 Å². The van der Waals surface area contributed by atoms with Gasteiger partial charge in [0, 0.05) is 32.0 Å². The fourth-order valence-electron chi connectivity index (χ4n) is 2.27. The Kier molecular flexibility index (Phi) is 6.40. The van der Waals surface area contributed by atoms with Crippen LogP contribution in [0.3, 0.4) is 0 Å². The minimum absolute atomic E-state index is 0.220. The summed E-state index contributed by atoms with van der Waals surface area (Å²) in [6.07, 6.45) is 4.68. The van der Waals surface area contributed by atoms with Crippen LogP contribution in [0.1, 0.15) is 12.5 Å². The van der Waals surface area contributed by atoms with Gasteiger partial charge < -0.3 is 10.6 Å². The Bertz CT molecular complexity index is 790. The largest absolute Gasteiger partial charge is 0.338 e. The normalized spacial score (nSPS) is 12.4. The minimum atomic E-state index is -3.37. The van der Waals surface area contributed by atoms with Crippen LogP contribution in [-0.2, 0) is 23.1 Å². The maximum atomic E-state index is 11.9. The number of amides is 2. The Hall–Kier alpha value is -2.55. The first-order valence-electron chi connectivity index (χ1n) is 7.88. The van der Waals surface area contributed by atoms with E-state index in [-0.39, 0.29) is 18.5 Å². The molecule has 0 unspecified atom stereocenters. The average Bonchev–Trinajstić information content (AvgIpc) is 3.03. The van der Waals surface area contributed by atoms with E-state index < -0.39 is 10.0 Å². The summed E-state index contributed by atoms with van der Waals surface area (Å²) in [7, 11) is -3.37. The zero-order chi connectivity index (χ0) is 18.3. The molecule has 136 valence electrons. The minimum Gasteiger partial charge on any atom is -0.338 e. The van der Waals surface area contributed by atoms with Crippen LogP contribution in [0.15, 0.2) is 42.7 Å². The van der Waals surface area contributed by atoms with E-state index in [4.69, 9.17) is 0 Å². The highest BCUT2D eigenvalue weighted by atomic mass is 32.2. The van der Waals surface area contributed by atoms with Gasteiger partial charge in [-0.1, -0.05) is 25.1 Å². The summed E-state index contributed by atoms with van der Waals surface area (Å²) in [5.41, 5.74) is 1.14. The fraction of sp³-hybridized carbons (Fsp3) is 0.375. The number of urea groups is 1. The lowest BCUT2D eigenvalue weighted by Crippen LogP contribution is -2.38. The zero-order valence-electron chi connectivity index (χ0n) is 14.3. The molecule has 0 aliphatic carbocycles. The Morgan fingerprint density at radius 1 is 1.24 bits per heavy atom. The molecule has 0 fully saturated rings. The number of benzene rings is 1. The van der Waals surface area contributed by atoms with Crippen LogP contribution in [0.4, 0.5) is 10.5 Å². The SMILES string of the molecule is C[C@@H](CNC(=O)NCc1ccccc1NS(C)(=O)=O)Cn1cccn1. The number of carbonyl (C=O) groups excluding carboxylic acids is 1. The predicted octanol–water partition coefficient (Wildman–Crippen LogP) is 1.39. The summed E-state index contributed by atoms with van der Waals surface area (Å²) in [6.45, 7) is 3.47. The van der Waals surface area contributed by atoms with Gasteiger partial charge in [0.2, 0.25) is 10.0 Å². The first-order valence-corrected chi connectivity index (χ1v) is 9.77. The van der Waals surface area contributed by atoms with Crippen molar-refractivity contribution in [1.29, 1.82) is 0 Å². The van der Waals surface area contributed by atoms with E-state index in [9.17, 15) is 13.2 Å². The topological polar surface area (TPSA) is 105 Å². The van der Waals surface area contributed by atoms with Gasteiger partial charge in [0.25, 0.3) is 0 Å². The molecule has 25 heavy (non-hydrogen) atoms. The number of aromatic nitrogens is 2. The van der Waals surface area contributed by atoms with E-state index in [1.807, 2.05) is 23.9 Å². The standard InChI is InChI=1S/C16H23N5O3S/c1-13(12-21-9-5-8-19-21)10-17-16(22)18-11-14-6-3-4-7-15(14)20-25(2,23)24/h3-9,13,20H,10-12H2,1-2H3,(H2,17,18,22)/t13-/m0/s1. The molecule has 1 heterocycles. The molecule has 3 N–H and O–H groups in total. The Morgan fingerprint density at radius 2 is 2.00 bits per heavy atom. The number of para-hydroxylation sites is 1. The van der Waals surface area contributed by atoms with Crippen molar-refractivity contribution in [3.05, 3.63) is 48.3 Å². The van der Waals surface area contributed by atoms with E-state index >= 15 is 0 Å². The summed E-state index contributed by atoms with van der Waals surface area (Å²) in [5, 5.41) is 9.67. The van der Waals surface area contributed by atoms with Crippen LogP contribution < -0.4 is 15.4 Å². The maximum absolute atomic E-state index is 11.9. The van der Waals surface area contributed by atoms with Crippen molar-refractivity contribution in [2.75, 3.05) is 17.5 Å². The van der Waals surface area contributed by atoms with Crippen LogP contribution in [-0.4, -0.2) is 37.0 Å². The summed E-state index contributed by atoms with van der Waals surface area (Å²) in [6, 6.07) is 8.48. The monoisotopic (exact) mass is 365 g/mol. The van der Waals surface area contributed by atoms with E-state index in [0.717, 1.165) is 6.26 Å². The Morgan fingerprint density at radius 3 is 2.68 bits per heavy atom. The van der Waals surface area contributed by atoms with Crippen molar-refractivity contribution >= 4 is 21.7 Å². The number of anilines is 1. The summed E-state index contributed by atoms with van der Waals surface area (Å²) < 4.78 is 27.0. The lowest BCUT2D eigenvalue weighted by atomic mass is 10.2. The summed E-state index contributed by atoms with van der Waals surface area (Å²) in [4.78, 5) is 11.9. The number of rotatable bonds is 8. The van der Waals surface area contributed by atoms with Gasteiger partial charge in [0.15, 0.2) is 0 Å². The lowest BCUT2D eigenvalue weighted by molar-refractivity contribution is 0.238. The molecule has 0 saturated heterocycles. The molecule has 1 aromatic carbocycles. The molecule has 1 atom stereocenters. The van der Waals surface area contributed by atoms with E-state index in [0.29, 0.717) is 24.3 Å². The molecule has 0 aliphatic heterocycles. The zero-order valence-corrected chi connectivity index (χ0v) is 15.1. The summed E-state index contributed by atoms with van der Waals surface area (Å²) in [5.74, 6) is 0.227. The van der Waals surface area contributed by atoms with Crippen molar-refractivity contribution in [3.8, 4) is 0 Å². The number of carbonyl (C=O) groups is 1. The van der Waals surface area contributed by atoms with Crippen molar-refractivity contribution < 1.29 is 13.2 Å². The molecule has 0 radical (unpaired) electrons. The second-order valence-electron chi connectivity index (χ2n) is 5.93. The third kappa shape index (κ3) is 6.84. The number of hydrogen-bond acceptors (Lipinski definition) is 4. The van der Waals surface area contributed by atoms with Gasteiger partial charge in [0.1, 0.15) is 0 Å². The number of hydrogen-bond donors (Lipinski definition) is 3. The molecular formula is C16H23N5O3S. The smallest absolute Gasteiger partial charge is 0.315 e. The highest BCUT2D eigenvalue weighted by Gasteiger charge is 2.09. The first kappa shape index (κ1) is 18.8. The molecule has 2 aromatic rings.